The van der Waals surface area contributed by atoms with E-state index in [1.807, 2.05) is 31.2 Å². The van der Waals surface area contributed by atoms with Crippen molar-refractivity contribution in [2.24, 2.45) is 0 Å². The maximum Gasteiger partial charge on any atom is 0.267 e. The van der Waals surface area contributed by atoms with Crippen LogP contribution >= 0.6 is 0 Å². The van der Waals surface area contributed by atoms with Crippen molar-refractivity contribution in [3.63, 3.8) is 0 Å². The zero-order valence-corrected chi connectivity index (χ0v) is 10.1. The lowest BCUT2D eigenvalue weighted by Crippen LogP contribution is -2.23. The van der Waals surface area contributed by atoms with Crippen LogP contribution in [0.4, 0.5) is 0 Å². The van der Waals surface area contributed by atoms with Crippen molar-refractivity contribution in [1.82, 2.24) is 10.3 Å². The molecule has 2 aromatic rings. The number of amides is 1. The Balaban J connectivity index is 1.95. The van der Waals surface area contributed by atoms with Crippen LogP contribution in [0.25, 0.3) is 0 Å². The van der Waals surface area contributed by atoms with Gasteiger partial charge in [0.1, 0.15) is 5.69 Å². The van der Waals surface area contributed by atoms with Gasteiger partial charge in [0.25, 0.3) is 5.91 Å². The van der Waals surface area contributed by atoms with Crippen LogP contribution in [0.3, 0.4) is 0 Å². The van der Waals surface area contributed by atoms with Crippen molar-refractivity contribution < 1.29 is 9.59 Å². The summed E-state index contributed by atoms with van der Waals surface area (Å²) in [5.41, 5.74) is 3.08. The number of aryl methyl sites for hydroxylation is 1. The number of aldehydes is 1. The molecule has 0 fully saturated rings. The number of nitrogens with one attached hydrogen (secondary N) is 2. The lowest BCUT2D eigenvalue weighted by Gasteiger charge is -2.04. The zero-order chi connectivity index (χ0) is 13.0. The molecule has 4 nitrogen and oxygen atoms in total. The number of carbonyl (C=O) groups excluding carboxylic acids is 2. The standard InChI is InChI=1S/C14H14N2O2/c1-10-2-4-11(5-3-10)7-16-14(18)13-6-12(9-17)8-15-13/h2-6,8-9,15H,7H2,1H3,(H,16,18). The van der Waals surface area contributed by atoms with Gasteiger partial charge in [0.15, 0.2) is 6.29 Å². The molecule has 4 heteroatoms. The predicted molar refractivity (Wildman–Crippen MR) is 68.5 cm³/mol. The fourth-order valence-corrected chi connectivity index (χ4v) is 1.59. The maximum absolute atomic E-state index is 11.8. The Bertz CT molecular complexity index is 555. The van der Waals surface area contributed by atoms with Crippen LogP contribution in [0, 0.1) is 6.92 Å². The van der Waals surface area contributed by atoms with Gasteiger partial charge in [-0.15, -0.1) is 0 Å². The maximum atomic E-state index is 11.8. The highest BCUT2D eigenvalue weighted by Crippen LogP contribution is 2.04. The summed E-state index contributed by atoms with van der Waals surface area (Å²) >= 11 is 0. The fourth-order valence-electron chi connectivity index (χ4n) is 1.59. The van der Waals surface area contributed by atoms with Gasteiger partial charge in [0, 0.05) is 18.3 Å². The molecule has 1 heterocycles. The van der Waals surface area contributed by atoms with E-state index in [4.69, 9.17) is 0 Å². The quantitative estimate of drug-likeness (QED) is 0.806. The smallest absolute Gasteiger partial charge is 0.267 e. The molecular weight excluding hydrogens is 228 g/mol. The number of H-pyrrole nitrogens is 1. The lowest BCUT2D eigenvalue weighted by atomic mass is 10.1. The number of hydrogen-bond donors (Lipinski definition) is 2. The minimum atomic E-state index is -0.219. The monoisotopic (exact) mass is 242 g/mol. The van der Waals surface area contributed by atoms with E-state index in [1.165, 1.54) is 17.8 Å². The van der Waals surface area contributed by atoms with Crippen molar-refractivity contribution in [2.45, 2.75) is 13.5 Å². The highest BCUT2D eigenvalue weighted by atomic mass is 16.1. The minimum absolute atomic E-state index is 0.219. The van der Waals surface area contributed by atoms with Crippen molar-refractivity contribution >= 4 is 12.2 Å². The topological polar surface area (TPSA) is 62.0 Å². The van der Waals surface area contributed by atoms with E-state index >= 15 is 0 Å². The molecule has 0 atom stereocenters. The van der Waals surface area contributed by atoms with Gasteiger partial charge >= 0.3 is 0 Å². The van der Waals surface area contributed by atoms with Gasteiger partial charge in [-0.2, -0.15) is 0 Å². The van der Waals surface area contributed by atoms with Gasteiger partial charge in [0.05, 0.1) is 0 Å². The van der Waals surface area contributed by atoms with Crippen LogP contribution in [0.2, 0.25) is 0 Å². The first-order chi connectivity index (χ1) is 8.69. The van der Waals surface area contributed by atoms with Crippen LogP contribution in [0.1, 0.15) is 32.0 Å². The van der Waals surface area contributed by atoms with Crippen LogP contribution in [0.5, 0.6) is 0 Å². The van der Waals surface area contributed by atoms with Crippen LogP contribution < -0.4 is 5.32 Å². The first-order valence-corrected chi connectivity index (χ1v) is 5.66. The molecule has 0 aliphatic carbocycles. The second-order valence-electron chi connectivity index (χ2n) is 4.13. The van der Waals surface area contributed by atoms with E-state index in [0.717, 1.165) is 5.56 Å². The number of carbonyl (C=O) groups is 2. The molecule has 0 unspecified atom stereocenters. The predicted octanol–water partition coefficient (Wildman–Crippen LogP) is 2.07. The molecule has 18 heavy (non-hydrogen) atoms. The number of aromatic nitrogens is 1. The molecule has 0 spiro atoms. The van der Waals surface area contributed by atoms with E-state index in [-0.39, 0.29) is 5.91 Å². The Morgan fingerprint density at radius 2 is 2.06 bits per heavy atom. The highest BCUT2D eigenvalue weighted by Gasteiger charge is 2.07. The molecule has 2 rings (SSSR count). The normalized spacial score (nSPS) is 10.1. The van der Waals surface area contributed by atoms with Crippen LogP contribution in [-0.2, 0) is 6.54 Å². The Kier molecular flexibility index (Phi) is 3.57. The highest BCUT2D eigenvalue weighted by molar-refractivity contribution is 5.94. The largest absolute Gasteiger partial charge is 0.357 e. The van der Waals surface area contributed by atoms with Crippen molar-refractivity contribution in [2.75, 3.05) is 0 Å². The number of rotatable bonds is 4. The second kappa shape index (κ2) is 5.31. The van der Waals surface area contributed by atoms with E-state index in [0.29, 0.717) is 24.1 Å². The minimum Gasteiger partial charge on any atom is -0.357 e. The average Bonchev–Trinajstić information content (AvgIpc) is 2.86. The molecule has 0 bridgehead atoms. The average molecular weight is 242 g/mol. The summed E-state index contributed by atoms with van der Waals surface area (Å²) < 4.78 is 0. The van der Waals surface area contributed by atoms with Crippen LogP contribution in [-0.4, -0.2) is 17.2 Å². The molecule has 0 saturated carbocycles. The Labute approximate surface area is 105 Å². The molecule has 0 radical (unpaired) electrons. The van der Waals surface area contributed by atoms with E-state index in [1.54, 1.807) is 0 Å². The van der Waals surface area contributed by atoms with Gasteiger partial charge < -0.3 is 10.3 Å². The first-order valence-electron chi connectivity index (χ1n) is 5.66. The summed E-state index contributed by atoms with van der Waals surface area (Å²) in [6.07, 6.45) is 2.21. The zero-order valence-electron chi connectivity index (χ0n) is 10.1. The number of hydrogen-bond acceptors (Lipinski definition) is 2. The molecule has 0 saturated heterocycles. The third-order valence-corrected chi connectivity index (χ3v) is 2.66. The van der Waals surface area contributed by atoms with Gasteiger partial charge in [0.2, 0.25) is 0 Å². The van der Waals surface area contributed by atoms with Gasteiger partial charge in [-0.1, -0.05) is 29.8 Å². The number of benzene rings is 1. The Morgan fingerprint density at radius 3 is 2.67 bits per heavy atom. The van der Waals surface area contributed by atoms with Crippen molar-refractivity contribution in [1.29, 1.82) is 0 Å². The number of aromatic amines is 1. The molecule has 92 valence electrons. The SMILES string of the molecule is Cc1ccc(CNC(=O)c2cc(C=O)c[nH]2)cc1. The molecular formula is C14H14N2O2. The molecule has 1 aromatic carbocycles. The summed E-state index contributed by atoms with van der Waals surface area (Å²) in [6, 6.07) is 9.47. The first kappa shape index (κ1) is 12.1. The molecule has 2 N–H and O–H groups in total. The summed E-state index contributed by atoms with van der Waals surface area (Å²) in [5, 5.41) is 2.79. The van der Waals surface area contributed by atoms with Crippen molar-refractivity contribution in [3.8, 4) is 0 Å². The van der Waals surface area contributed by atoms with E-state index in [9.17, 15) is 9.59 Å². The Morgan fingerprint density at radius 1 is 1.33 bits per heavy atom. The van der Waals surface area contributed by atoms with Gasteiger partial charge in [-0.25, -0.2) is 0 Å². The van der Waals surface area contributed by atoms with Crippen molar-refractivity contribution in [3.05, 3.63) is 58.9 Å². The summed E-state index contributed by atoms with van der Waals surface area (Å²) in [6.45, 7) is 2.48. The molecule has 0 aliphatic heterocycles. The fraction of sp³-hybridized carbons (Fsp3) is 0.143. The summed E-state index contributed by atoms with van der Waals surface area (Å²) in [4.78, 5) is 25.0. The second-order valence-corrected chi connectivity index (χ2v) is 4.13. The van der Waals surface area contributed by atoms with E-state index in [2.05, 4.69) is 10.3 Å². The summed E-state index contributed by atoms with van der Waals surface area (Å²) in [5.74, 6) is -0.219. The van der Waals surface area contributed by atoms with Gasteiger partial charge in [-0.05, 0) is 18.6 Å². The molecule has 1 aromatic heterocycles. The molecule has 0 aliphatic rings. The van der Waals surface area contributed by atoms with Gasteiger partial charge in [-0.3, -0.25) is 9.59 Å². The molecule has 1 amide bonds. The lowest BCUT2D eigenvalue weighted by molar-refractivity contribution is 0.0946. The third kappa shape index (κ3) is 2.85. The van der Waals surface area contributed by atoms with E-state index < -0.39 is 0 Å². The Hall–Kier alpha value is -2.36. The third-order valence-electron chi connectivity index (χ3n) is 2.66. The van der Waals surface area contributed by atoms with Crippen LogP contribution in [0.15, 0.2) is 36.5 Å². The summed E-state index contributed by atoms with van der Waals surface area (Å²) in [7, 11) is 0.